The highest BCUT2D eigenvalue weighted by molar-refractivity contribution is 5.24. The summed E-state index contributed by atoms with van der Waals surface area (Å²) < 4.78 is 1.98. The molecule has 1 aliphatic heterocycles. The van der Waals surface area contributed by atoms with Crippen molar-refractivity contribution in [1.29, 1.82) is 0 Å². The van der Waals surface area contributed by atoms with Crippen molar-refractivity contribution >= 4 is 0 Å². The van der Waals surface area contributed by atoms with Crippen molar-refractivity contribution in [2.75, 3.05) is 13.1 Å². The number of piperidine rings is 1. The summed E-state index contributed by atoms with van der Waals surface area (Å²) in [6, 6.07) is 4.14. The first-order valence-corrected chi connectivity index (χ1v) is 8.73. The number of imidazole rings is 1. The molecule has 1 aliphatic rings. The van der Waals surface area contributed by atoms with Crippen LogP contribution >= 0.6 is 0 Å². The Morgan fingerprint density at radius 2 is 2.12 bits per heavy atom. The molecule has 128 valence electrons. The van der Waals surface area contributed by atoms with Gasteiger partial charge in [0.05, 0.1) is 11.9 Å². The zero-order valence-electron chi connectivity index (χ0n) is 14.4. The zero-order chi connectivity index (χ0) is 17.1. The third-order valence-corrected chi connectivity index (χ3v) is 4.77. The van der Waals surface area contributed by atoms with Gasteiger partial charge in [-0.05, 0) is 37.9 Å². The Balaban J connectivity index is 1.51. The van der Waals surface area contributed by atoms with Gasteiger partial charge in [-0.2, -0.15) is 0 Å². The molecule has 0 radical (unpaired) electrons. The minimum absolute atomic E-state index is 0.418. The van der Waals surface area contributed by atoms with Crippen LogP contribution in [0.15, 0.2) is 49.3 Å². The molecule has 0 bridgehead atoms. The third kappa shape index (κ3) is 3.58. The van der Waals surface area contributed by atoms with E-state index in [1.807, 2.05) is 42.3 Å². The van der Waals surface area contributed by atoms with E-state index in [9.17, 15) is 0 Å². The molecule has 3 aromatic rings. The van der Waals surface area contributed by atoms with Crippen LogP contribution in [0.2, 0.25) is 0 Å². The second-order valence-corrected chi connectivity index (χ2v) is 6.58. The largest absolute Gasteiger partial charge is 0.298 e. The normalized spacial score (nSPS) is 18.4. The van der Waals surface area contributed by atoms with E-state index in [2.05, 4.69) is 25.9 Å². The fourth-order valence-electron chi connectivity index (χ4n) is 3.49. The van der Waals surface area contributed by atoms with Crippen LogP contribution in [0.5, 0.6) is 0 Å². The van der Waals surface area contributed by atoms with Crippen molar-refractivity contribution in [3.8, 4) is 5.82 Å². The smallest absolute Gasteiger partial charge is 0.156 e. The molecule has 0 aliphatic carbocycles. The fraction of sp³-hybridized carbons (Fsp3) is 0.368. The average molecular weight is 334 g/mol. The van der Waals surface area contributed by atoms with E-state index in [0.29, 0.717) is 5.92 Å². The lowest BCUT2D eigenvalue weighted by molar-refractivity contribution is 0.198. The number of aromatic nitrogens is 5. The van der Waals surface area contributed by atoms with E-state index < -0.39 is 0 Å². The van der Waals surface area contributed by atoms with Gasteiger partial charge in [0.1, 0.15) is 5.82 Å². The molecule has 0 N–H and O–H groups in total. The monoisotopic (exact) mass is 334 g/mol. The molecule has 3 aromatic heterocycles. The van der Waals surface area contributed by atoms with E-state index in [0.717, 1.165) is 43.4 Å². The molecule has 0 aromatic carbocycles. The Hall–Kier alpha value is -2.60. The van der Waals surface area contributed by atoms with Gasteiger partial charge in [0.15, 0.2) is 5.82 Å². The highest BCUT2D eigenvalue weighted by atomic mass is 15.1. The molecule has 0 saturated carbocycles. The van der Waals surface area contributed by atoms with Gasteiger partial charge in [0.25, 0.3) is 0 Å². The number of likely N-dealkylation sites (tertiary alicyclic amines) is 1. The maximum absolute atomic E-state index is 4.86. The van der Waals surface area contributed by atoms with Gasteiger partial charge in [-0.3, -0.25) is 19.4 Å². The minimum Gasteiger partial charge on any atom is -0.298 e. The predicted molar refractivity (Wildman–Crippen MR) is 95.4 cm³/mol. The average Bonchev–Trinajstić information content (AvgIpc) is 3.09. The van der Waals surface area contributed by atoms with E-state index in [4.69, 9.17) is 4.98 Å². The number of pyridine rings is 1. The predicted octanol–water partition coefficient (Wildman–Crippen LogP) is 2.75. The summed E-state index contributed by atoms with van der Waals surface area (Å²) in [4.78, 5) is 20.3. The SMILES string of the molecule is Cc1nccn1-c1cncc([C@@H]2CCCN(Cc3cccnc3)C2)n1. The molecule has 0 spiro atoms. The van der Waals surface area contributed by atoms with Crippen LogP contribution in [0.3, 0.4) is 0 Å². The quantitative estimate of drug-likeness (QED) is 0.734. The Kier molecular flexibility index (Phi) is 4.52. The van der Waals surface area contributed by atoms with Crippen molar-refractivity contribution in [3.63, 3.8) is 0 Å². The molecule has 25 heavy (non-hydrogen) atoms. The molecule has 4 rings (SSSR count). The summed E-state index contributed by atoms with van der Waals surface area (Å²) in [6.45, 7) is 5.05. The molecule has 0 amide bonds. The van der Waals surface area contributed by atoms with Gasteiger partial charge in [-0.1, -0.05) is 6.07 Å². The highest BCUT2D eigenvalue weighted by Gasteiger charge is 2.23. The summed E-state index contributed by atoms with van der Waals surface area (Å²) in [5.41, 5.74) is 2.33. The topological polar surface area (TPSA) is 59.7 Å². The summed E-state index contributed by atoms with van der Waals surface area (Å²) in [7, 11) is 0. The van der Waals surface area contributed by atoms with Crippen LogP contribution in [0.1, 0.15) is 35.8 Å². The van der Waals surface area contributed by atoms with Crippen molar-refractivity contribution < 1.29 is 0 Å². The van der Waals surface area contributed by atoms with Gasteiger partial charge < -0.3 is 0 Å². The molecule has 1 fully saturated rings. The van der Waals surface area contributed by atoms with E-state index in [1.54, 1.807) is 12.4 Å². The standard InChI is InChI=1S/C19H22N6/c1-15-22-7-9-25(15)19-12-21-11-18(23-19)17-5-3-8-24(14-17)13-16-4-2-6-20-10-16/h2,4,6-7,9-12,17H,3,5,8,13-14H2,1H3/t17-/m1/s1. The Bertz CT molecular complexity index is 829. The molecule has 1 saturated heterocycles. The third-order valence-electron chi connectivity index (χ3n) is 4.77. The molecule has 6 heteroatoms. The van der Waals surface area contributed by atoms with Crippen LogP contribution in [0.25, 0.3) is 5.82 Å². The van der Waals surface area contributed by atoms with E-state index >= 15 is 0 Å². The lowest BCUT2D eigenvalue weighted by Gasteiger charge is -2.32. The first-order valence-electron chi connectivity index (χ1n) is 8.73. The zero-order valence-corrected chi connectivity index (χ0v) is 14.4. The lowest BCUT2D eigenvalue weighted by Crippen LogP contribution is -2.34. The van der Waals surface area contributed by atoms with Crippen LogP contribution in [0, 0.1) is 6.92 Å². The van der Waals surface area contributed by atoms with Crippen molar-refractivity contribution in [3.05, 3.63) is 66.4 Å². The number of rotatable bonds is 4. The molecular formula is C19H22N6. The Labute approximate surface area is 147 Å². The van der Waals surface area contributed by atoms with Crippen LogP contribution in [0.4, 0.5) is 0 Å². The van der Waals surface area contributed by atoms with Gasteiger partial charge in [0, 0.05) is 50.0 Å². The van der Waals surface area contributed by atoms with Crippen LogP contribution < -0.4 is 0 Å². The van der Waals surface area contributed by atoms with Crippen LogP contribution in [-0.4, -0.2) is 42.5 Å². The maximum atomic E-state index is 4.86. The summed E-state index contributed by atoms with van der Waals surface area (Å²) >= 11 is 0. The number of hydrogen-bond acceptors (Lipinski definition) is 5. The first kappa shape index (κ1) is 15.9. The van der Waals surface area contributed by atoms with Gasteiger partial charge in [-0.15, -0.1) is 0 Å². The Morgan fingerprint density at radius 1 is 1.16 bits per heavy atom. The van der Waals surface area contributed by atoms with Crippen molar-refractivity contribution in [2.24, 2.45) is 0 Å². The van der Waals surface area contributed by atoms with Crippen molar-refractivity contribution in [1.82, 2.24) is 29.4 Å². The molecule has 0 unspecified atom stereocenters. The van der Waals surface area contributed by atoms with Crippen LogP contribution in [-0.2, 0) is 6.54 Å². The number of hydrogen-bond donors (Lipinski definition) is 0. The van der Waals surface area contributed by atoms with Gasteiger partial charge >= 0.3 is 0 Å². The molecule has 4 heterocycles. The molecule has 1 atom stereocenters. The van der Waals surface area contributed by atoms with Gasteiger partial charge in [-0.25, -0.2) is 9.97 Å². The minimum atomic E-state index is 0.418. The molecular weight excluding hydrogens is 312 g/mol. The lowest BCUT2D eigenvalue weighted by atomic mass is 9.94. The van der Waals surface area contributed by atoms with E-state index in [1.165, 1.54) is 12.0 Å². The fourth-order valence-corrected chi connectivity index (χ4v) is 3.49. The number of nitrogens with zero attached hydrogens (tertiary/aromatic N) is 6. The summed E-state index contributed by atoms with van der Waals surface area (Å²) in [5, 5.41) is 0. The second-order valence-electron chi connectivity index (χ2n) is 6.58. The number of aryl methyl sites for hydroxylation is 1. The summed E-state index contributed by atoms with van der Waals surface area (Å²) in [5.74, 6) is 2.19. The second kappa shape index (κ2) is 7.11. The van der Waals surface area contributed by atoms with E-state index in [-0.39, 0.29) is 0 Å². The summed E-state index contributed by atoms with van der Waals surface area (Å²) in [6.07, 6.45) is 13.5. The van der Waals surface area contributed by atoms with Gasteiger partial charge in [0.2, 0.25) is 0 Å². The van der Waals surface area contributed by atoms with Crippen molar-refractivity contribution in [2.45, 2.75) is 32.2 Å². The Morgan fingerprint density at radius 3 is 2.92 bits per heavy atom. The first-order chi connectivity index (χ1) is 12.3. The molecule has 6 nitrogen and oxygen atoms in total. The highest BCUT2D eigenvalue weighted by Crippen LogP contribution is 2.26. The maximum Gasteiger partial charge on any atom is 0.156 e.